The molecule has 1 aliphatic rings. The number of nitrogens with zero attached hydrogens (tertiary/aromatic N) is 3. The Labute approximate surface area is 162 Å². The quantitative estimate of drug-likeness (QED) is 0.646. The van der Waals surface area contributed by atoms with E-state index in [0.717, 1.165) is 31.6 Å². The molecule has 0 radical (unpaired) electrons. The molecule has 2 heterocycles. The van der Waals surface area contributed by atoms with Gasteiger partial charge in [0.05, 0.1) is 11.7 Å². The van der Waals surface area contributed by atoms with Crippen LogP contribution >= 0.6 is 11.6 Å². The second kappa shape index (κ2) is 8.96. The molecule has 0 spiro atoms. The SMILES string of the molecule is Cc1c(C(=O)NCCNC(=O)c2ccc(Cl)cc2)nnn1C1CCNCC1. The number of rotatable bonds is 6. The summed E-state index contributed by atoms with van der Waals surface area (Å²) >= 11 is 5.81. The van der Waals surface area contributed by atoms with Crippen molar-refractivity contribution in [3.05, 3.63) is 46.2 Å². The molecule has 0 bridgehead atoms. The van der Waals surface area contributed by atoms with E-state index < -0.39 is 0 Å². The fourth-order valence-electron chi connectivity index (χ4n) is 3.09. The van der Waals surface area contributed by atoms with E-state index in [1.807, 2.05) is 11.6 Å². The lowest BCUT2D eigenvalue weighted by atomic mass is 10.1. The summed E-state index contributed by atoms with van der Waals surface area (Å²) in [4.78, 5) is 24.4. The summed E-state index contributed by atoms with van der Waals surface area (Å²) in [6.07, 6.45) is 1.95. The van der Waals surface area contributed by atoms with Crippen LogP contribution in [0.5, 0.6) is 0 Å². The summed E-state index contributed by atoms with van der Waals surface area (Å²) in [5, 5.41) is 17.6. The zero-order valence-corrected chi connectivity index (χ0v) is 15.9. The van der Waals surface area contributed by atoms with E-state index in [0.29, 0.717) is 29.4 Å². The molecule has 0 unspecified atom stereocenters. The summed E-state index contributed by atoms with van der Waals surface area (Å²) in [5.74, 6) is -0.498. The molecule has 1 fully saturated rings. The number of hydrogen-bond acceptors (Lipinski definition) is 5. The molecule has 0 aliphatic carbocycles. The van der Waals surface area contributed by atoms with Crippen LogP contribution in [0, 0.1) is 6.92 Å². The van der Waals surface area contributed by atoms with Crippen LogP contribution in [0.1, 0.15) is 45.4 Å². The van der Waals surface area contributed by atoms with Gasteiger partial charge in [-0.2, -0.15) is 0 Å². The van der Waals surface area contributed by atoms with Crippen LogP contribution in [0.4, 0.5) is 0 Å². The highest BCUT2D eigenvalue weighted by molar-refractivity contribution is 6.30. The number of carbonyl (C=O) groups is 2. The Morgan fingerprint density at radius 1 is 1.15 bits per heavy atom. The van der Waals surface area contributed by atoms with Crippen molar-refractivity contribution in [2.45, 2.75) is 25.8 Å². The van der Waals surface area contributed by atoms with Crippen molar-refractivity contribution in [3.8, 4) is 0 Å². The van der Waals surface area contributed by atoms with Gasteiger partial charge in [-0.25, -0.2) is 4.68 Å². The van der Waals surface area contributed by atoms with Gasteiger partial charge in [0.15, 0.2) is 5.69 Å². The average Bonchev–Trinajstić information content (AvgIpc) is 3.07. The molecule has 1 aromatic heterocycles. The van der Waals surface area contributed by atoms with Crippen LogP contribution in [-0.2, 0) is 0 Å². The van der Waals surface area contributed by atoms with Gasteiger partial charge in [-0.1, -0.05) is 16.8 Å². The second-order valence-electron chi connectivity index (χ2n) is 6.47. The Morgan fingerprint density at radius 3 is 2.44 bits per heavy atom. The van der Waals surface area contributed by atoms with Gasteiger partial charge in [-0.05, 0) is 57.1 Å². The van der Waals surface area contributed by atoms with Crippen molar-refractivity contribution in [3.63, 3.8) is 0 Å². The predicted molar refractivity (Wildman–Crippen MR) is 102 cm³/mol. The van der Waals surface area contributed by atoms with E-state index in [1.54, 1.807) is 24.3 Å². The summed E-state index contributed by atoms with van der Waals surface area (Å²) in [7, 11) is 0. The highest BCUT2D eigenvalue weighted by atomic mass is 35.5. The van der Waals surface area contributed by atoms with Gasteiger partial charge in [-0.3, -0.25) is 9.59 Å². The van der Waals surface area contributed by atoms with Crippen LogP contribution in [0.25, 0.3) is 0 Å². The van der Waals surface area contributed by atoms with Gasteiger partial charge >= 0.3 is 0 Å². The smallest absolute Gasteiger partial charge is 0.273 e. The van der Waals surface area contributed by atoms with Gasteiger partial charge < -0.3 is 16.0 Å². The summed E-state index contributed by atoms with van der Waals surface area (Å²) in [6.45, 7) is 4.36. The number of carbonyl (C=O) groups excluding carboxylic acids is 2. The van der Waals surface area contributed by atoms with Crippen molar-refractivity contribution in [1.82, 2.24) is 30.9 Å². The number of nitrogens with one attached hydrogen (secondary N) is 3. The number of halogens is 1. The predicted octanol–water partition coefficient (Wildman–Crippen LogP) is 1.32. The molecule has 1 aliphatic heterocycles. The van der Waals surface area contributed by atoms with Crippen molar-refractivity contribution in [2.24, 2.45) is 0 Å². The van der Waals surface area contributed by atoms with Crippen molar-refractivity contribution in [1.29, 1.82) is 0 Å². The van der Waals surface area contributed by atoms with E-state index in [4.69, 9.17) is 11.6 Å². The number of benzene rings is 1. The van der Waals surface area contributed by atoms with Crippen molar-refractivity contribution >= 4 is 23.4 Å². The molecule has 0 saturated carbocycles. The lowest BCUT2D eigenvalue weighted by molar-refractivity contribution is 0.0924. The van der Waals surface area contributed by atoms with Crippen LogP contribution in [0.2, 0.25) is 5.02 Å². The van der Waals surface area contributed by atoms with Crippen molar-refractivity contribution < 1.29 is 9.59 Å². The monoisotopic (exact) mass is 390 g/mol. The Balaban J connectivity index is 1.47. The minimum Gasteiger partial charge on any atom is -0.350 e. The normalized spacial score (nSPS) is 14.7. The fraction of sp³-hybridized carbons (Fsp3) is 0.444. The van der Waals surface area contributed by atoms with Gasteiger partial charge in [-0.15, -0.1) is 5.10 Å². The third-order valence-electron chi connectivity index (χ3n) is 4.60. The molecular formula is C18H23ClN6O2. The first kappa shape index (κ1) is 19.3. The Kier molecular flexibility index (Phi) is 6.41. The maximum atomic E-state index is 12.3. The molecule has 1 aromatic carbocycles. The minimum absolute atomic E-state index is 0.214. The van der Waals surface area contributed by atoms with E-state index >= 15 is 0 Å². The number of aromatic nitrogens is 3. The molecular weight excluding hydrogens is 368 g/mol. The maximum absolute atomic E-state index is 12.3. The van der Waals surface area contributed by atoms with E-state index in [-0.39, 0.29) is 17.9 Å². The maximum Gasteiger partial charge on any atom is 0.273 e. The van der Waals surface area contributed by atoms with E-state index in [9.17, 15) is 9.59 Å². The van der Waals surface area contributed by atoms with E-state index in [2.05, 4.69) is 26.3 Å². The van der Waals surface area contributed by atoms with Crippen LogP contribution in [-0.4, -0.2) is 53.0 Å². The minimum atomic E-state index is -0.284. The molecule has 144 valence electrons. The Morgan fingerprint density at radius 2 is 1.78 bits per heavy atom. The molecule has 3 N–H and O–H groups in total. The van der Waals surface area contributed by atoms with Gasteiger partial charge in [0.1, 0.15) is 0 Å². The molecule has 3 rings (SSSR count). The van der Waals surface area contributed by atoms with Gasteiger partial charge in [0, 0.05) is 23.7 Å². The first-order chi connectivity index (χ1) is 13.1. The Hall–Kier alpha value is -2.45. The summed E-state index contributed by atoms with van der Waals surface area (Å²) in [6, 6.07) is 6.90. The molecule has 2 aromatic rings. The van der Waals surface area contributed by atoms with Gasteiger partial charge in [0.25, 0.3) is 11.8 Å². The first-order valence-corrected chi connectivity index (χ1v) is 9.38. The molecule has 0 atom stereocenters. The Bertz CT molecular complexity index is 799. The summed E-state index contributed by atoms with van der Waals surface area (Å²) in [5.41, 5.74) is 1.62. The third kappa shape index (κ3) is 4.84. The average molecular weight is 391 g/mol. The summed E-state index contributed by atoms with van der Waals surface area (Å²) < 4.78 is 1.85. The zero-order chi connectivity index (χ0) is 19.2. The number of piperidine rings is 1. The standard InChI is InChI=1S/C18H23ClN6O2/c1-12-16(23-24-25(12)15-6-8-20-9-7-15)18(27)22-11-10-21-17(26)13-2-4-14(19)5-3-13/h2-5,15,20H,6-11H2,1H3,(H,21,26)(H,22,27). The van der Waals surface area contributed by atoms with Crippen LogP contribution < -0.4 is 16.0 Å². The molecule has 9 heteroatoms. The lowest BCUT2D eigenvalue weighted by Crippen LogP contribution is -2.35. The second-order valence-corrected chi connectivity index (χ2v) is 6.90. The molecule has 27 heavy (non-hydrogen) atoms. The first-order valence-electron chi connectivity index (χ1n) is 9.00. The molecule has 2 amide bonds. The van der Waals surface area contributed by atoms with E-state index in [1.165, 1.54) is 0 Å². The lowest BCUT2D eigenvalue weighted by Gasteiger charge is -2.23. The highest BCUT2D eigenvalue weighted by Crippen LogP contribution is 2.20. The fourth-order valence-corrected chi connectivity index (χ4v) is 3.21. The van der Waals surface area contributed by atoms with Gasteiger partial charge in [0.2, 0.25) is 0 Å². The van der Waals surface area contributed by atoms with Crippen LogP contribution in [0.15, 0.2) is 24.3 Å². The molecule has 8 nitrogen and oxygen atoms in total. The topological polar surface area (TPSA) is 101 Å². The largest absolute Gasteiger partial charge is 0.350 e. The zero-order valence-electron chi connectivity index (χ0n) is 15.2. The third-order valence-corrected chi connectivity index (χ3v) is 4.85. The highest BCUT2D eigenvalue weighted by Gasteiger charge is 2.22. The number of hydrogen-bond donors (Lipinski definition) is 3. The van der Waals surface area contributed by atoms with Crippen molar-refractivity contribution in [2.75, 3.05) is 26.2 Å². The van der Waals surface area contributed by atoms with Crippen LogP contribution in [0.3, 0.4) is 0 Å². The number of amides is 2. The molecule has 1 saturated heterocycles.